The van der Waals surface area contributed by atoms with Crippen LogP contribution in [0.2, 0.25) is 0 Å². The van der Waals surface area contributed by atoms with Gasteiger partial charge in [-0.3, -0.25) is 13.6 Å². The SMILES string of the molecule is Oc1cccc2cccc(/C(=C3\N=Cc4c3ccc3ccccc43)c3c4ccc5ccccc5c4cn3B(F)F)c12. The molecule has 1 aliphatic rings. The normalized spacial score (nSPS) is 13.9. The molecule has 6 aromatic carbocycles. The van der Waals surface area contributed by atoms with E-state index in [0.717, 1.165) is 47.9 Å². The van der Waals surface area contributed by atoms with Crippen LogP contribution in [-0.4, -0.2) is 23.2 Å². The zero-order valence-corrected chi connectivity index (χ0v) is 21.7. The summed E-state index contributed by atoms with van der Waals surface area (Å²) in [5.74, 6) is 0.0850. The standard InChI is InChI=1S/C35H21BF2N2O/c37-36(38)40-20-30-25-12-4-2-8-22(25)16-18-27(30)35(40)33(28-13-5-9-23-10-6-14-31(41)32(23)28)34-26-17-15-21-7-1-3-11-24(21)29(26)19-39-34/h1-20,41H/b34-33+. The van der Waals surface area contributed by atoms with Crippen LogP contribution in [0.3, 0.4) is 0 Å². The van der Waals surface area contributed by atoms with Crippen LogP contribution in [-0.2, 0) is 0 Å². The van der Waals surface area contributed by atoms with Gasteiger partial charge in [0.15, 0.2) is 0 Å². The van der Waals surface area contributed by atoms with Crippen molar-refractivity contribution in [1.29, 1.82) is 0 Å². The van der Waals surface area contributed by atoms with Gasteiger partial charge in [-0.1, -0.05) is 103 Å². The summed E-state index contributed by atoms with van der Waals surface area (Å²) in [5.41, 5.74) is 3.96. The number of aromatic nitrogens is 1. The second-order valence-corrected chi connectivity index (χ2v) is 10.3. The molecule has 1 aromatic heterocycles. The molecular formula is C35H21BF2N2O. The van der Waals surface area contributed by atoms with Crippen LogP contribution in [0.25, 0.3) is 54.4 Å². The molecule has 0 saturated carbocycles. The summed E-state index contributed by atoms with van der Waals surface area (Å²) in [6.07, 6.45) is 3.37. The molecule has 194 valence electrons. The van der Waals surface area contributed by atoms with Crippen molar-refractivity contribution in [3.8, 4) is 5.75 Å². The highest BCUT2D eigenvalue weighted by Crippen LogP contribution is 2.46. The van der Waals surface area contributed by atoms with Crippen LogP contribution < -0.4 is 0 Å². The maximum Gasteiger partial charge on any atom is 0.677 e. The van der Waals surface area contributed by atoms with Gasteiger partial charge in [-0.2, -0.15) is 0 Å². The summed E-state index contributed by atoms with van der Waals surface area (Å²) in [7, 11) is -2.79. The topological polar surface area (TPSA) is 37.5 Å². The summed E-state index contributed by atoms with van der Waals surface area (Å²) in [6, 6.07) is 34.9. The molecular weight excluding hydrogens is 513 g/mol. The van der Waals surface area contributed by atoms with E-state index in [1.807, 2.05) is 91.1 Å². The van der Waals surface area contributed by atoms with E-state index < -0.39 is 7.40 Å². The molecule has 8 rings (SSSR count). The van der Waals surface area contributed by atoms with Crippen molar-refractivity contribution in [2.75, 3.05) is 0 Å². The number of halogens is 2. The van der Waals surface area contributed by atoms with Crippen molar-refractivity contribution >= 4 is 68.0 Å². The van der Waals surface area contributed by atoms with Crippen LogP contribution in [0.1, 0.15) is 22.4 Å². The van der Waals surface area contributed by atoms with Crippen LogP contribution >= 0.6 is 0 Å². The fraction of sp³-hybridized carbons (Fsp3) is 0. The number of phenols is 1. The highest BCUT2D eigenvalue weighted by molar-refractivity contribution is 6.42. The maximum absolute atomic E-state index is 15.0. The number of nitrogens with zero attached hydrogens (tertiary/aromatic N) is 2. The zero-order valence-electron chi connectivity index (χ0n) is 21.7. The molecule has 0 radical (unpaired) electrons. The first-order chi connectivity index (χ1) is 20.1. The quantitative estimate of drug-likeness (QED) is 0.226. The minimum Gasteiger partial charge on any atom is -0.507 e. The number of benzene rings is 6. The van der Waals surface area contributed by atoms with E-state index in [9.17, 15) is 13.7 Å². The summed E-state index contributed by atoms with van der Waals surface area (Å²) in [4.78, 5) is 4.91. The number of phenolic OH excluding ortho intramolecular Hbond substituents is 1. The monoisotopic (exact) mass is 534 g/mol. The van der Waals surface area contributed by atoms with Crippen molar-refractivity contribution in [2.24, 2.45) is 4.99 Å². The predicted molar refractivity (Wildman–Crippen MR) is 166 cm³/mol. The Balaban J connectivity index is 1.57. The molecule has 0 amide bonds. The van der Waals surface area contributed by atoms with Crippen molar-refractivity contribution in [3.63, 3.8) is 0 Å². The number of rotatable bonds is 3. The maximum atomic E-state index is 15.0. The molecule has 0 unspecified atom stereocenters. The van der Waals surface area contributed by atoms with Gasteiger partial charge in [0.05, 0.1) is 11.4 Å². The van der Waals surface area contributed by atoms with Crippen LogP contribution in [0, 0.1) is 0 Å². The van der Waals surface area contributed by atoms with E-state index in [1.165, 1.54) is 0 Å². The van der Waals surface area contributed by atoms with Crippen molar-refractivity contribution < 1.29 is 13.7 Å². The molecule has 2 heterocycles. The lowest BCUT2D eigenvalue weighted by atomic mass is 9.89. The summed E-state index contributed by atoms with van der Waals surface area (Å²) < 4.78 is 31.0. The smallest absolute Gasteiger partial charge is 0.507 e. The Morgan fingerprint density at radius 2 is 1.34 bits per heavy atom. The average Bonchev–Trinajstić information content (AvgIpc) is 3.61. The number of fused-ring (bicyclic) bond motifs is 7. The molecule has 0 fully saturated rings. The fourth-order valence-electron chi connectivity index (χ4n) is 6.34. The number of aliphatic imine (C=N–C) groups is 1. The van der Waals surface area contributed by atoms with Gasteiger partial charge in [-0.05, 0) is 38.6 Å². The largest absolute Gasteiger partial charge is 0.677 e. The Labute approximate surface area is 234 Å². The Bertz CT molecular complexity index is 2260. The third kappa shape index (κ3) is 3.47. The van der Waals surface area contributed by atoms with Gasteiger partial charge in [0, 0.05) is 45.3 Å². The second-order valence-electron chi connectivity index (χ2n) is 10.3. The van der Waals surface area contributed by atoms with E-state index in [2.05, 4.69) is 12.1 Å². The Morgan fingerprint density at radius 3 is 2.15 bits per heavy atom. The minimum absolute atomic E-state index is 0.0850. The molecule has 1 N–H and O–H groups in total. The molecule has 0 aliphatic carbocycles. The lowest BCUT2D eigenvalue weighted by Gasteiger charge is -2.18. The highest BCUT2D eigenvalue weighted by Gasteiger charge is 2.31. The fourth-order valence-corrected chi connectivity index (χ4v) is 6.34. The van der Waals surface area contributed by atoms with E-state index in [0.29, 0.717) is 33.3 Å². The molecule has 0 bridgehead atoms. The third-order valence-electron chi connectivity index (χ3n) is 8.14. The van der Waals surface area contributed by atoms with E-state index >= 15 is 0 Å². The van der Waals surface area contributed by atoms with Gasteiger partial charge < -0.3 is 9.58 Å². The third-order valence-corrected chi connectivity index (χ3v) is 8.14. The number of aromatic hydroxyl groups is 1. The van der Waals surface area contributed by atoms with E-state index in [4.69, 9.17) is 4.99 Å². The lowest BCUT2D eigenvalue weighted by molar-refractivity contribution is 0.481. The van der Waals surface area contributed by atoms with Crippen LogP contribution in [0.5, 0.6) is 5.75 Å². The first-order valence-electron chi connectivity index (χ1n) is 13.4. The lowest BCUT2D eigenvalue weighted by Crippen LogP contribution is -2.15. The Morgan fingerprint density at radius 1 is 0.659 bits per heavy atom. The van der Waals surface area contributed by atoms with Gasteiger partial charge in [-0.15, -0.1) is 0 Å². The molecule has 0 saturated heterocycles. The van der Waals surface area contributed by atoms with Gasteiger partial charge in [-0.25, -0.2) is 0 Å². The molecule has 3 nitrogen and oxygen atoms in total. The first kappa shape index (κ1) is 23.6. The molecule has 6 heteroatoms. The van der Waals surface area contributed by atoms with Crippen molar-refractivity contribution in [3.05, 3.63) is 138 Å². The Kier molecular flexibility index (Phi) is 5.13. The van der Waals surface area contributed by atoms with E-state index in [-0.39, 0.29) is 5.75 Å². The minimum atomic E-state index is -2.79. The molecule has 0 atom stereocenters. The average molecular weight is 534 g/mol. The number of hydrogen-bond acceptors (Lipinski definition) is 2. The summed E-state index contributed by atoms with van der Waals surface area (Å²) >= 11 is 0. The predicted octanol–water partition coefficient (Wildman–Crippen LogP) is 8.93. The van der Waals surface area contributed by atoms with Gasteiger partial charge in [0.1, 0.15) is 5.75 Å². The van der Waals surface area contributed by atoms with Gasteiger partial charge in [0.2, 0.25) is 0 Å². The van der Waals surface area contributed by atoms with Gasteiger partial charge in [0.25, 0.3) is 0 Å². The van der Waals surface area contributed by atoms with Crippen molar-refractivity contribution in [1.82, 2.24) is 4.48 Å². The van der Waals surface area contributed by atoms with Crippen LogP contribution in [0.4, 0.5) is 8.63 Å². The second kappa shape index (κ2) is 8.90. The molecule has 7 aromatic rings. The van der Waals surface area contributed by atoms with Crippen LogP contribution in [0.15, 0.2) is 120 Å². The Hall–Kier alpha value is -5.23. The zero-order chi connectivity index (χ0) is 27.7. The highest BCUT2D eigenvalue weighted by atomic mass is 19.2. The summed E-state index contributed by atoms with van der Waals surface area (Å²) in [5, 5.41) is 17.9. The molecule has 41 heavy (non-hydrogen) atoms. The van der Waals surface area contributed by atoms with E-state index in [1.54, 1.807) is 18.3 Å². The molecule has 0 spiro atoms. The van der Waals surface area contributed by atoms with Crippen molar-refractivity contribution in [2.45, 2.75) is 0 Å². The van der Waals surface area contributed by atoms with Gasteiger partial charge >= 0.3 is 7.40 Å². The molecule has 1 aliphatic heterocycles. The first-order valence-corrected chi connectivity index (χ1v) is 13.4. The number of hydrogen-bond donors (Lipinski definition) is 1. The summed E-state index contributed by atoms with van der Waals surface area (Å²) in [6.45, 7) is 0.